The molecule has 21 heavy (non-hydrogen) atoms. The lowest BCUT2D eigenvalue weighted by molar-refractivity contribution is 0.0995. The molecule has 0 spiro atoms. The molecule has 6 nitrogen and oxygen atoms in total. The molecular weight excluding hydrogens is 360 g/mol. The highest BCUT2D eigenvalue weighted by atomic mass is 79.9. The topological polar surface area (TPSA) is 88.4 Å². The SMILES string of the molecule is CNS(=O)(=O)c1cc(NC(=O)c2ccc(Br)o2)ccc1C. The number of nitrogens with one attached hydrogen (secondary N) is 2. The summed E-state index contributed by atoms with van der Waals surface area (Å²) in [5.74, 6) is -0.335. The number of anilines is 1. The highest BCUT2D eigenvalue weighted by Crippen LogP contribution is 2.21. The smallest absolute Gasteiger partial charge is 0.291 e. The summed E-state index contributed by atoms with van der Waals surface area (Å²) in [4.78, 5) is 12.1. The summed E-state index contributed by atoms with van der Waals surface area (Å²) < 4.78 is 31.6. The van der Waals surface area contributed by atoms with Crippen LogP contribution in [0.3, 0.4) is 0 Å². The molecule has 2 aromatic rings. The summed E-state index contributed by atoms with van der Waals surface area (Å²) in [7, 11) is -2.25. The van der Waals surface area contributed by atoms with Crippen LogP contribution in [0, 0.1) is 6.92 Å². The van der Waals surface area contributed by atoms with Crippen molar-refractivity contribution in [2.75, 3.05) is 12.4 Å². The zero-order chi connectivity index (χ0) is 15.6. The maximum absolute atomic E-state index is 12.0. The second kappa shape index (κ2) is 6.00. The Morgan fingerprint density at radius 2 is 1.95 bits per heavy atom. The molecule has 0 saturated heterocycles. The molecular formula is C13H13BrN2O4S. The summed E-state index contributed by atoms with van der Waals surface area (Å²) >= 11 is 3.11. The highest BCUT2D eigenvalue weighted by Gasteiger charge is 2.17. The van der Waals surface area contributed by atoms with Crippen LogP contribution in [0.5, 0.6) is 0 Å². The van der Waals surface area contributed by atoms with Gasteiger partial charge in [-0.2, -0.15) is 0 Å². The molecule has 0 fully saturated rings. The average molecular weight is 373 g/mol. The van der Waals surface area contributed by atoms with Gasteiger partial charge >= 0.3 is 0 Å². The normalized spacial score (nSPS) is 11.4. The van der Waals surface area contributed by atoms with Gasteiger partial charge in [-0.3, -0.25) is 4.79 Å². The van der Waals surface area contributed by atoms with Gasteiger partial charge in [0.05, 0.1) is 4.90 Å². The number of hydrogen-bond donors (Lipinski definition) is 2. The Kier molecular flexibility index (Phi) is 4.50. The van der Waals surface area contributed by atoms with Crippen LogP contribution in [0.4, 0.5) is 5.69 Å². The molecule has 1 aromatic carbocycles. The molecule has 0 aliphatic heterocycles. The summed E-state index contributed by atoms with van der Waals surface area (Å²) in [6.07, 6.45) is 0. The third kappa shape index (κ3) is 3.52. The second-order valence-electron chi connectivity index (χ2n) is 4.25. The predicted octanol–water partition coefficient (Wildman–Crippen LogP) is 2.51. The van der Waals surface area contributed by atoms with Crippen LogP contribution in [0.1, 0.15) is 16.1 Å². The van der Waals surface area contributed by atoms with Gasteiger partial charge in [0.15, 0.2) is 10.4 Å². The number of hydrogen-bond acceptors (Lipinski definition) is 4. The van der Waals surface area contributed by atoms with Crippen LogP contribution >= 0.6 is 15.9 Å². The van der Waals surface area contributed by atoms with E-state index in [1.807, 2.05) is 0 Å². The summed E-state index contributed by atoms with van der Waals surface area (Å²) in [6, 6.07) is 7.76. The first-order valence-electron chi connectivity index (χ1n) is 5.94. The minimum absolute atomic E-state index is 0.114. The van der Waals surface area contributed by atoms with Crippen molar-refractivity contribution in [3.63, 3.8) is 0 Å². The number of sulfonamides is 1. The van der Waals surface area contributed by atoms with Crippen molar-refractivity contribution in [2.24, 2.45) is 0 Å². The summed E-state index contributed by atoms with van der Waals surface area (Å²) in [5, 5.41) is 2.59. The van der Waals surface area contributed by atoms with Crippen molar-refractivity contribution in [2.45, 2.75) is 11.8 Å². The van der Waals surface area contributed by atoms with Gasteiger partial charge in [-0.25, -0.2) is 13.1 Å². The van der Waals surface area contributed by atoms with E-state index in [-0.39, 0.29) is 10.7 Å². The summed E-state index contributed by atoms with van der Waals surface area (Å²) in [6.45, 7) is 1.68. The zero-order valence-corrected chi connectivity index (χ0v) is 13.7. The Morgan fingerprint density at radius 1 is 1.24 bits per heavy atom. The molecule has 0 atom stereocenters. The molecule has 8 heteroatoms. The van der Waals surface area contributed by atoms with E-state index in [1.54, 1.807) is 25.1 Å². The number of amides is 1. The second-order valence-corrected chi connectivity index (χ2v) is 6.88. The standard InChI is InChI=1S/C13H13BrN2O4S/c1-8-3-4-9(7-11(8)21(18,19)15-2)16-13(17)10-5-6-12(14)20-10/h3-7,15H,1-2H3,(H,16,17). The molecule has 0 aliphatic carbocycles. The van der Waals surface area contributed by atoms with E-state index in [1.165, 1.54) is 19.2 Å². The van der Waals surface area contributed by atoms with Crippen LogP contribution in [-0.4, -0.2) is 21.4 Å². The van der Waals surface area contributed by atoms with Gasteiger partial charge in [0.1, 0.15) is 0 Å². The van der Waals surface area contributed by atoms with Crippen molar-refractivity contribution >= 4 is 37.5 Å². The fraction of sp³-hybridized carbons (Fsp3) is 0.154. The van der Waals surface area contributed by atoms with E-state index in [0.717, 1.165) is 0 Å². The lowest BCUT2D eigenvalue weighted by atomic mass is 10.2. The molecule has 1 heterocycles. The van der Waals surface area contributed by atoms with E-state index in [0.29, 0.717) is 15.9 Å². The van der Waals surface area contributed by atoms with Crippen molar-refractivity contribution in [1.82, 2.24) is 4.72 Å². The van der Waals surface area contributed by atoms with Crippen LogP contribution < -0.4 is 10.0 Å². The number of rotatable bonds is 4. The number of benzene rings is 1. The van der Waals surface area contributed by atoms with Gasteiger partial charge in [0, 0.05) is 5.69 Å². The number of aryl methyl sites for hydroxylation is 1. The maximum atomic E-state index is 12.0. The lowest BCUT2D eigenvalue weighted by Gasteiger charge is -2.09. The van der Waals surface area contributed by atoms with E-state index in [9.17, 15) is 13.2 Å². The zero-order valence-electron chi connectivity index (χ0n) is 11.3. The van der Waals surface area contributed by atoms with Gasteiger partial charge in [-0.05, 0) is 59.7 Å². The number of carbonyl (C=O) groups is 1. The Balaban J connectivity index is 2.30. The largest absolute Gasteiger partial charge is 0.444 e. The van der Waals surface area contributed by atoms with Crippen molar-refractivity contribution in [1.29, 1.82) is 0 Å². The number of furan rings is 1. The third-order valence-electron chi connectivity index (χ3n) is 2.80. The lowest BCUT2D eigenvalue weighted by Crippen LogP contribution is -2.20. The molecule has 112 valence electrons. The molecule has 2 N–H and O–H groups in total. The van der Waals surface area contributed by atoms with E-state index >= 15 is 0 Å². The molecule has 0 aliphatic rings. The molecule has 0 radical (unpaired) electrons. The van der Waals surface area contributed by atoms with Crippen LogP contribution in [-0.2, 0) is 10.0 Å². The number of halogens is 1. The predicted molar refractivity (Wildman–Crippen MR) is 81.8 cm³/mol. The highest BCUT2D eigenvalue weighted by molar-refractivity contribution is 9.10. The Morgan fingerprint density at radius 3 is 2.52 bits per heavy atom. The van der Waals surface area contributed by atoms with Gasteiger partial charge in [-0.1, -0.05) is 6.07 Å². The summed E-state index contributed by atoms with van der Waals surface area (Å²) in [5.41, 5.74) is 0.954. The average Bonchev–Trinajstić information content (AvgIpc) is 2.87. The van der Waals surface area contributed by atoms with Crippen molar-refractivity contribution in [3.05, 3.63) is 46.3 Å². The van der Waals surface area contributed by atoms with Gasteiger partial charge in [0.2, 0.25) is 10.0 Å². The number of carbonyl (C=O) groups excluding carboxylic acids is 1. The Hall–Kier alpha value is -1.64. The molecule has 2 rings (SSSR count). The first-order valence-corrected chi connectivity index (χ1v) is 8.22. The quantitative estimate of drug-likeness (QED) is 0.862. The third-order valence-corrected chi connectivity index (χ3v) is 4.78. The van der Waals surface area contributed by atoms with Crippen LogP contribution in [0.2, 0.25) is 0 Å². The maximum Gasteiger partial charge on any atom is 0.291 e. The molecule has 0 unspecified atom stereocenters. The first-order chi connectivity index (χ1) is 9.83. The minimum Gasteiger partial charge on any atom is -0.444 e. The van der Waals surface area contributed by atoms with E-state index in [2.05, 4.69) is 26.0 Å². The van der Waals surface area contributed by atoms with Crippen molar-refractivity contribution < 1.29 is 17.6 Å². The van der Waals surface area contributed by atoms with E-state index in [4.69, 9.17) is 4.42 Å². The monoisotopic (exact) mass is 372 g/mol. The van der Waals surface area contributed by atoms with Crippen LogP contribution in [0.25, 0.3) is 0 Å². The molecule has 0 bridgehead atoms. The fourth-order valence-electron chi connectivity index (χ4n) is 1.71. The fourth-order valence-corrected chi connectivity index (χ4v) is 3.01. The Labute approximate surface area is 130 Å². The molecule has 0 saturated carbocycles. The van der Waals surface area contributed by atoms with Gasteiger partial charge in [-0.15, -0.1) is 0 Å². The minimum atomic E-state index is -3.58. The van der Waals surface area contributed by atoms with Crippen LogP contribution in [0.15, 0.2) is 44.3 Å². The Bertz CT molecular complexity index is 783. The van der Waals surface area contributed by atoms with Gasteiger partial charge in [0.25, 0.3) is 5.91 Å². The van der Waals surface area contributed by atoms with Gasteiger partial charge < -0.3 is 9.73 Å². The first kappa shape index (κ1) is 15.7. The van der Waals surface area contributed by atoms with Crippen molar-refractivity contribution in [3.8, 4) is 0 Å². The van der Waals surface area contributed by atoms with E-state index < -0.39 is 15.9 Å². The molecule has 1 amide bonds. The molecule has 1 aromatic heterocycles.